The Kier molecular flexibility index (Phi) is 2.96. The number of methoxy groups -OCH3 is 1. The standard InChI is InChI=1S/C13H17O2/c1-9(8-14)11-5-6-12(10-3-4-10)13(7-11)15-2/h5-7,10,14H,3-4,8H2,1-2H3. The fourth-order valence-corrected chi connectivity index (χ4v) is 1.80. The van der Waals surface area contributed by atoms with Crippen molar-refractivity contribution < 1.29 is 9.84 Å². The summed E-state index contributed by atoms with van der Waals surface area (Å²) in [5, 5.41) is 9.06. The van der Waals surface area contributed by atoms with Gasteiger partial charge in [-0.25, -0.2) is 0 Å². The summed E-state index contributed by atoms with van der Waals surface area (Å²) in [5.74, 6) is 2.64. The fraction of sp³-hybridized carbons (Fsp3) is 0.462. The van der Waals surface area contributed by atoms with Gasteiger partial charge >= 0.3 is 0 Å². The van der Waals surface area contributed by atoms with Crippen LogP contribution in [0.1, 0.15) is 36.8 Å². The molecule has 1 N–H and O–H groups in total. The topological polar surface area (TPSA) is 29.5 Å². The summed E-state index contributed by atoms with van der Waals surface area (Å²) in [6.07, 6.45) is 2.55. The Bertz CT molecular complexity index is 342. The van der Waals surface area contributed by atoms with Crippen LogP contribution < -0.4 is 4.74 Å². The van der Waals surface area contributed by atoms with Gasteiger partial charge in [0.05, 0.1) is 13.7 Å². The zero-order valence-corrected chi connectivity index (χ0v) is 9.29. The van der Waals surface area contributed by atoms with Gasteiger partial charge in [0.15, 0.2) is 0 Å². The van der Waals surface area contributed by atoms with Crippen LogP contribution >= 0.6 is 0 Å². The first-order valence-corrected chi connectivity index (χ1v) is 5.38. The minimum Gasteiger partial charge on any atom is -0.496 e. The van der Waals surface area contributed by atoms with Crippen LogP contribution in [0, 0.1) is 5.92 Å². The highest BCUT2D eigenvalue weighted by Gasteiger charge is 2.26. The van der Waals surface area contributed by atoms with Crippen LogP contribution in [0.25, 0.3) is 0 Å². The molecule has 0 heterocycles. The highest BCUT2D eigenvalue weighted by molar-refractivity contribution is 5.45. The van der Waals surface area contributed by atoms with E-state index in [9.17, 15) is 0 Å². The second-order valence-electron chi connectivity index (χ2n) is 4.17. The van der Waals surface area contributed by atoms with E-state index < -0.39 is 0 Å². The van der Waals surface area contributed by atoms with Gasteiger partial charge in [-0.2, -0.15) is 0 Å². The van der Waals surface area contributed by atoms with Crippen LogP contribution in [0.15, 0.2) is 18.2 Å². The third-order valence-corrected chi connectivity index (χ3v) is 2.98. The zero-order chi connectivity index (χ0) is 10.8. The minimum absolute atomic E-state index is 0.103. The van der Waals surface area contributed by atoms with Crippen LogP contribution in [0.3, 0.4) is 0 Å². The first-order valence-electron chi connectivity index (χ1n) is 5.38. The molecule has 15 heavy (non-hydrogen) atoms. The van der Waals surface area contributed by atoms with Crippen molar-refractivity contribution >= 4 is 0 Å². The van der Waals surface area contributed by atoms with Crippen molar-refractivity contribution in [1.82, 2.24) is 0 Å². The molecule has 1 aromatic rings. The van der Waals surface area contributed by atoms with Crippen molar-refractivity contribution in [3.8, 4) is 5.75 Å². The lowest BCUT2D eigenvalue weighted by Gasteiger charge is -2.12. The number of benzene rings is 1. The van der Waals surface area contributed by atoms with E-state index in [0.717, 1.165) is 17.2 Å². The third-order valence-electron chi connectivity index (χ3n) is 2.98. The summed E-state index contributed by atoms with van der Waals surface area (Å²) in [5.41, 5.74) is 2.38. The molecular formula is C13H17O2. The van der Waals surface area contributed by atoms with Crippen molar-refractivity contribution in [2.24, 2.45) is 0 Å². The van der Waals surface area contributed by atoms with Crippen LogP contribution in [-0.4, -0.2) is 18.8 Å². The number of ether oxygens (including phenoxy) is 1. The first-order chi connectivity index (χ1) is 7.26. The lowest BCUT2D eigenvalue weighted by Crippen LogP contribution is -2.01. The third kappa shape index (κ3) is 2.15. The molecule has 81 valence electrons. The smallest absolute Gasteiger partial charge is 0.122 e. The molecule has 0 saturated heterocycles. The normalized spacial score (nSPS) is 15.7. The number of aliphatic hydroxyl groups excluding tert-OH is 1. The van der Waals surface area contributed by atoms with E-state index in [0.29, 0.717) is 5.92 Å². The summed E-state index contributed by atoms with van der Waals surface area (Å²) in [4.78, 5) is 0. The van der Waals surface area contributed by atoms with E-state index in [4.69, 9.17) is 9.84 Å². The first kappa shape index (κ1) is 10.5. The van der Waals surface area contributed by atoms with Gasteiger partial charge < -0.3 is 9.84 Å². The van der Waals surface area contributed by atoms with Crippen LogP contribution in [0.5, 0.6) is 5.75 Å². The highest BCUT2D eigenvalue weighted by atomic mass is 16.5. The molecule has 0 unspecified atom stereocenters. The molecule has 0 aromatic heterocycles. The van der Waals surface area contributed by atoms with Gasteiger partial charge in [-0.3, -0.25) is 0 Å². The molecule has 0 spiro atoms. The molecule has 1 aliphatic rings. The summed E-state index contributed by atoms with van der Waals surface area (Å²) in [7, 11) is 1.71. The second kappa shape index (κ2) is 4.23. The largest absolute Gasteiger partial charge is 0.496 e. The van der Waals surface area contributed by atoms with Gasteiger partial charge in [0, 0.05) is 5.92 Å². The van der Waals surface area contributed by atoms with Crippen LogP contribution in [0.4, 0.5) is 0 Å². The average molecular weight is 205 g/mol. The predicted molar refractivity (Wildman–Crippen MR) is 60.1 cm³/mol. The Hall–Kier alpha value is -1.02. The molecule has 2 nitrogen and oxygen atoms in total. The molecule has 1 saturated carbocycles. The van der Waals surface area contributed by atoms with Crippen molar-refractivity contribution in [3.63, 3.8) is 0 Å². The van der Waals surface area contributed by atoms with Crippen molar-refractivity contribution in [2.45, 2.75) is 25.7 Å². The van der Waals surface area contributed by atoms with Gasteiger partial charge in [0.2, 0.25) is 0 Å². The van der Waals surface area contributed by atoms with Crippen LogP contribution in [-0.2, 0) is 0 Å². The highest BCUT2D eigenvalue weighted by Crippen LogP contribution is 2.44. The predicted octanol–water partition coefficient (Wildman–Crippen LogP) is 2.51. The molecule has 1 aliphatic carbocycles. The summed E-state index contributed by atoms with van der Waals surface area (Å²) < 4.78 is 5.39. The molecule has 0 amide bonds. The summed E-state index contributed by atoms with van der Waals surface area (Å²) >= 11 is 0. The monoisotopic (exact) mass is 205 g/mol. The molecule has 0 atom stereocenters. The Labute approximate surface area is 90.9 Å². The lowest BCUT2D eigenvalue weighted by atomic mass is 9.98. The van der Waals surface area contributed by atoms with Gasteiger partial charge in [-0.15, -0.1) is 0 Å². The Morgan fingerprint density at radius 3 is 2.73 bits per heavy atom. The van der Waals surface area contributed by atoms with Crippen molar-refractivity contribution in [3.05, 3.63) is 35.2 Å². The Morgan fingerprint density at radius 1 is 1.47 bits per heavy atom. The quantitative estimate of drug-likeness (QED) is 0.818. The van der Waals surface area contributed by atoms with E-state index in [2.05, 4.69) is 12.1 Å². The lowest BCUT2D eigenvalue weighted by molar-refractivity contribution is 0.314. The molecule has 1 radical (unpaired) electrons. The van der Waals surface area contributed by atoms with E-state index in [1.54, 1.807) is 7.11 Å². The second-order valence-corrected chi connectivity index (χ2v) is 4.17. The van der Waals surface area contributed by atoms with Gasteiger partial charge in [-0.1, -0.05) is 19.1 Å². The Morgan fingerprint density at radius 2 is 2.20 bits per heavy atom. The summed E-state index contributed by atoms with van der Waals surface area (Å²) in [6, 6.07) is 6.23. The SMILES string of the molecule is COc1cc([C](C)CO)ccc1C1CC1. The summed E-state index contributed by atoms with van der Waals surface area (Å²) in [6.45, 7) is 2.04. The molecule has 1 fully saturated rings. The molecule has 1 aromatic carbocycles. The average Bonchev–Trinajstić information content (AvgIpc) is 3.11. The minimum atomic E-state index is 0.103. The Balaban J connectivity index is 2.29. The van der Waals surface area contributed by atoms with Gasteiger partial charge in [0.1, 0.15) is 5.75 Å². The molecule has 2 rings (SSSR count). The number of rotatable bonds is 4. The maximum absolute atomic E-state index is 9.06. The van der Waals surface area contributed by atoms with E-state index >= 15 is 0 Å². The maximum Gasteiger partial charge on any atom is 0.122 e. The number of aliphatic hydroxyl groups is 1. The fourth-order valence-electron chi connectivity index (χ4n) is 1.80. The van der Waals surface area contributed by atoms with E-state index in [-0.39, 0.29) is 6.61 Å². The van der Waals surface area contributed by atoms with Crippen molar-refractivity contribution in [1.29, 1.82) is 0 Å². The molecule has 2 heteroatoms. The van der Waals surface area contributed by atoms with E-state index in [1.807, 2.05) is 13.0 Å². The zero-order valence-electron chi connectivity index (χ0n) is 9.29. The van der Waals surface area contributed by atoms with Gasteiger partial charge in [0.25, 0.3) is 0 Å². The van der Waals surface area contributed by atoms with Crippen LogP contribution in [0.2, 0.25) is 0 Å². The number of hydrogen-bond donors (Lipinski definition) is 1. The molecule has 0 bridgehead atoms. The molecular weight excluding hydrogens is 188 g/mol. The maximum atomic E-state index is 9.06. The molecule has 0 aliphatic heterocycles. The van der Waals surface area contributed by atoms with E-state index in [1.165, 1.54) is 18.4 Å². The van der Waals surface area contributed by atoms with Gasteiger partial charge in [-0.05, 0) is 36.0 Å². The number of hydrogen-bond acceptors (Lipinski definition) is 2. The van der Waals surface area contributed by atoms with Crippen molar-refractivity contribution in [2.75, 3.05) is 13.7 Å².